The van der Waals surface area contributed by atoms with Crippen LogP contribution in [0.3, 0.4) is 0 Å². The maximum absolute atomic E-state index is 14.2. The van der Waals surface area contributed by atoms with Crippen molar-refractivity contribution in [3.8, 4) is 5.75 Å². The van der Waals surface area contributed by atoms with Crippen molar-refractivity contribution in [1.82, 2.24) is 15.0 Å². The van der Waals surface area contributed by atoms with Gasteiger partial charge in [-0.2, -0.15) is 0 Å². The normalized spacial score (nSPS) is 11.0. The molecule has 4 aromatic rings. The quantitative estimate of drug-likeness (QED) is 0.430. The molecule has 1 amide bonds. The molecule has 2 aromatic heterocycles. The molecule has 1 N–H and O–H groups in total. The highest BCUT2D eigenvalue weighted by atomic mass is 32.2. The van der Waals surface area contributed by atoms with Crippen molar-refractivity contribution in [2.24, 2.45) is 0 Å². The lowest BCUT2D eigenvalue weighted by Crippen LogP contribution is -2.23. The van der Waals surface area contributed by atoms with Crippen molar-refractivity contribution in [2.75, 3.05) is 12.0 Å². The average Bonchev–Trinajstić information content (AvgIpc) is 3.33. The SMILES string of the molecule is COc1ccc2nc(SCc3csc(N(C(C)=O)c4ccccc4F)n3)[nH]c2c1. The van der Waals surface area contributed by atoms with E-state index in [-0.39, 0.29) is 11.6 Å². The molecular weight excluding hydrogens is 411 g/mol. The number of benzene rings is 2. The van der Waals surface area contributed by atoms with Crippen LogP contribution in [0.25, 0.3) is 11.0 Å². The number of nitrogens with one attached hydrogen (secondary N) is 1. The van der Waals surface area contributed by atoms with E-state index in [9.17, 15) is 9.18 Å². The number of thiazole rings is 1. The number of para-hydroxylation sites is 1. The molecule has 0 spiro atoms. The molecule has 148 valence electrons. The molecule has 0 saturated heterocycles. The molecule has 0 fully saturated rings. The lowest BCUT2D eigenvalue weighted by Gasteiger charge is -2.18. The van der Waals surface area contributed by atoms with Crippen molar-refractivity contribution in [3.05, 3.63) is 59.4 Å². The molecule has 0 saturated carbocycles. The maximum Gasteiger partial charge on any atom is 0.230 e. The van der Waals surface area contributed by atoms with Crippen molar-refractivity contribution < 1.29 is 13.9 Å². The fourth-order valence-corrected chi connectivity index (χ4v) is 4.57. The minimum absolute atomic E-state index is 0.194. The van der Waals surface area contributed by atoms with Gasteiger partial charge in [0.1, 0.15) is 11.6 Å². The molecule has 0 atom stereocenters. The van der Waals surface area contributed by atoms with Crippen molar-refractivity contribution in [1.29, 1.82) is 0 Å². The number of methoxy groups -OCH3 is 1. The molecule has 29 heavy (non-hydrogen) atoms. The second-order valence-electron chi connectivity index (χ2n) is 6.14. The van der Waals surface area contributed by atoms with E-state index in [1.807, 2.05) is 23.6 Å². The second kappa shape index (κ2) is 8.22. The van der Waals surface area contributed by atoms with Gasteiger partial charge in [-0.3, -0.25) is 9.69 Å². The molecule has 4 rings (SSSR count). The molecule has 0 aliphatic rings. The van der Waals surface area contributed by atoms with E-state index in [0.717, 1.165) is 27.6 Å². The summed E-state index contributed by atoms with van der Waals surface area (Å²) in [6.45, 7) is 1.39. The largest absolute Gasteiger partial charge is 0.497 e. The zero-order valence-corrected chi connectivity index (χ0v) is 17.3. The Morgan fingerprint density at radius 1 is 1.28 bits per heavy atom. The predicted molar refractivity (Wildman–Crippen MR) is 114 cm³/mol. The number of fused-ring (bicyclic) bond motifs is 1. The summed E-state index contributed by atoms with van der Waals surface area (Å²) in [6.07, 6.45) is 0. The number of anilines is 2. The highest BCUT2D eigenvalue weighted by Crippen LogP contribution is 2.32. The molecule has 0 bridgehead atoms. The van der Waals surface area contributed by atoms with E-state index in [1.54, 1.807) is 25.3 Å². The number of hydrogen-bond donors (Lipinski definition) is 1. The van der Waals surface area contributed by atoms with Crippen LogP contribution < -0.4 is 9.64 Å². The number of carbonyl (C=O) groups is 1. The van der Waals surface area contributed by atoms with Gasteiger partial charge in [0.2, 0.25) is 5.91 Å². The van der Waals surface area contributed by atoms with Gasteiger partial charge in [0, 0.05) is 24.1 Å². The molecule has 9 heteroatoms. The number of ether oxygens (including phenoxy) is 1. The Labute approximate surface area is 174 Å². The van der Waals surface area contributed by atoms with E-state index < -0.39 is 5.82 Å². The first-order valence-corrected chi connectivity index (χ1v) is 10.6. The van der Waals surface area contributed by atoms with Gasteiger partial charge in [-0.05, 0) is 24.3 Å². The molecule has 2 aromatic carbocycles. The summed E-state index contributed by atoms with van der Waals surface area (Å²) in [5, 5.41) is 3.07. The first-order valence-electron chi connectivity index (χ1n) is 8.71. The Hall–Kier alpha value is -2.91. The smallest absolute Gasteiger partial charge is 0.230 e. The number of carbonyl (C=O) groups excluding carboxylic acids is 1. The van der Waals surface area contributed by atoms with E-state index in [4.69, 9.17) is 4.74 Å². The maximum atomic E-state index is 14.2. The average molecular weight is 429 g/mol. The van der Waals surface area contributed by atoms with Crippen molar-refractivity contribution in [3.63, 3.8) is 0 Å². The molecule has 0 unspecified atom stereocenters. The van der Waals surface area contributed by atoms with Gasteiger partial charge < -0.3 is 9.72 Å². The molecule has 0 aliphatic carbocycles. The fourth-order valence-electron chi connectivity index (χ4n) is 2.81. The van der Waals surface area contributed by atoms with Gasteiger partial charge in [-0.25, -0.2) is 14.4 Å². The van der Waals surface area contributed by atoms with E-state index in [0.29, 0.717) is 10.9 Å². The van der Waals surface area contributed by atoms with E-state index >= 15 is 0 Å². The molecule has 0 aliphatic heterocycles. The van der Waals surface area contributed by atoms with E-state index in [2.05, 4.69) is 15.0 Å². The zero-order valence-electron chi connectivity index (χ0n) is 15.7. The standard InChI is InChI=1S/C20H17FN4O2S2/c1-12(26)25(18-6-4-3-5-15(18)21)20-22-13(11-29-20)10-28-19-23-16-8-7-14(27-2)9-17(16)24-19/h3-9,11H,10H2,1-2H3,(H,23,24). The lowest BCUT2D eigenvalue weighted by molar-refractivity contribution is -0.115. The number of imidazole rings is 1. The number of nitrogens with zero attached hydrogens (tertiary/aromatic N) is 3. The summed E-state index contributed by atoms with van der Waals surface area (Å²) in [7, 11) is 1.62. The number of rotatable bonds is 6. The Balaban J connectivity index is 1.51. The van der Waals surface area contributed by atoms with Crippen LogP contribution in [0.2, 0.25) is 0 Å². The first-order chi connectivity index (χ1) is 14.0. The van der Waals surface area contributed by atoms with E-state index in [1.165, 1.54) is 41.0 Å². The van der Waals surface area contributed by atoms with Gasteiger partial charge in [0.15, 0.2) is 10.3 Å². The molecule has 6 nitrogen and oxygen atoms in total. The van der Waals surface area contributed by atoms with Crippen LogP contribution >= 0.6 is 23.1 Å². The van der Waals surface area contributed by atoms with Crippen molar-refractivity contribution in [2.45, 2.75) is 17.8 Å². The summed E-state index contributed by atoms with van der Waals surface area (Å²) < 4.78 is 19.4. The summed E-state index contributed by atoms with van der Waals surface area (Å²) >= 11 is 2.81. The third-order valence-corrected chi connectivity index (χ3v) is 5.94. The minimum Gasteiger partial charge on any atom is -0.497 e. The van der Waals surface area contributed by atoms with Crippen LogP contribution in [-0.2, 0) is 10.5 Å². The number of thioether (sulfide) groups is 1. The van der Waals surface area contributed by atoms with Crippen LogP contribution in [0.1, 0.15) is 12.6 Å². The number of aromatic amines is 1. The Morgan fingerprint density at radius 3 is 2.86 bits per heavy atom. The predicted octanol–water partition coefficient (Wildman–Crippen LogP) is 5.14. The van der Waals surface area contributed by atoms with Gasteiger partial charge >= 0.3 is 0 Å². The van der Waals surface area contributed by atoms with Crippen LogP contribution in [-0.4, -0.2) is 28.0 Å². The summed E-state index contributed by atoms with van der Waals surface area (Å²) in [5.41, 5.74) is 2.73. The lowest BCUT2D eigenvalue weighted by atomic mass is 10.3. The van der Waals surface area contributed by atoms with Crippen LogP contribution in [0, 0.1) is 5.82 Å². The highest BCUT2D eigenvalue weighted by molar-refractivity contribution is 7.98. The number of hydrogen-bond acceptors (Lipinski definition) is 6. The van der Waals surface area contributed by atoms with Gasteiger partial charge in [0.25, 0.3) is 0 Å². The van der Waals surface area contributed by atoms with Gasteiger partial charge in [-0.1, -0.05) is 23.9 Å². The third kappa shape index (κ3) is 4.10. The van der Waals surface area contributed by atoms with Gasteiger partial charge in [-0.15, -0.1) is 11.3 Å². The topological polar surface area (TPSA) is 71.1 Å². The summed E-state index contributed by atoms with van der Waals surface area (Å²) in [4.78, 5) is 25.7. The Bertz CT molecular complexity index is 1170. The van der Waals surface area contributed by atoms with Crippen molar-refractivity contribution >= 4 is 50.9 Å². The monoisotopic (exact) mass is 428 g/mol. The fraction of sp³-hybridized carbons (Fsp3) is 0.150. The Kier molecular flexibility index (Phi) is 5.50. The number of amides is 1. The summed E-state index contributed by atoms with van der Waals surface area (Å²) in [5.74, 6) is 0.567. The molecular formula is C20H17FN4O2S2. The number of halogens is 1. The molecule has 2 heterocycles. The minimum atomic E-state index is -0.466. The number of H-pyrrole nitrogens is 1. The summed E-state index contributed by atoms with van der Waals surface area (Å²) in [6, 6.07) is 11.8. The first kappa shape index (κ1) is 19.4. The highest BCUT2D eigenvalue weighted by Gasteiger charge is 2.21. The molecule has 0 radical (unpaired) electrons. The second-order valence-corrected chi connectivity index (χ2v) is 7.94. The van der Waals surface area contributed by atoms with Gasteiger partial charge in [0.05, 0.1) is 29.5 Å². The van der Waals surface area contributed by atoms with Crippen LogP contribution in [0.15, 0.2) is 53.0 Å². The van der Waals surface area contributed by atoms with Crippen LogP contribution in [0.5, 0.6) is 5.75 Å². The van der Waals surface area contributed by atoms with Crippen LogP contribution in [0.4, 0.5) is 15.2 Å². The third-order valence-electron chi connectivity index (χ3n) is 4.16. The Morgan fingerprint density at radius 2 is 2.10 bits per heavy atom. The zero-order chi connectivity index (χ0) is 20.4. The number of aromatic nitrogens is 3.